The summed E-state index contributed by atoms with van der Waals surface area (Å²) < 4.78 is 0.649. The van der Waals surface area contributed by atoms with Crippen molar-refractivity contribution in [1.29, 1.82) is 0 Å². The highest BCUT2D eigenvalue weighted by Gasteiger charge is 2.09. The molecule has 0 fully saturated rings. The first-order chi connectivity index (χ1) is 8.56. The Morgan fingerprint density at radius 1 is 1.22 bits per heavy atom. The van der Waals surface area contributed by atoms with Crippen LogP contribution in [-0.4, -0.2) is 10.9 Å². The van der Waals surface area contributed by atoms with E-state index >= 15 is 0 Å². The number of amides is 1. The number of rotatable bonds is 2. The van der Waals surface area contributed by atoms with Gasteiger partial charge in [0, 0.05) is 5.69 Å². The number of carbonyl (C=O) groups excluding carboxylic acids is 1. The van der Waals surface area contributed by atoms with Crippen LogP contribution >= 0.6 is 15.9 Å². The zero-order chi connectivity index (χ0) is 13.1. The fourth-order valence-corrected chi connectivity index (χ4v) is 2.02. The summed E-state index contributed by atoms with van der Waals surface area (Å²) in [4.78, 5) is 16.1. The Kier molecular flexibility index (Phi) is 3.77. The number of nitrogens with one attached hydrogen (secondary N) is 1. The summed E-state index contributed by atoms with van der Waals surface area (Å²) in [6, 6.07) is 11.2. The minimum atomic E-state index is -0.205. The molecule has 4 heteroatoms. The molecule has 2 aromatic rings. The Bertz CT molecular complexity index is 596. The molecular weight excluding hydrogens is 292 g/mol. The fourth-order valence-electron chi connectivity index (χ4n) is 1.67. The van der Waals surface area contributed by atoms with Crippen molar-refractivity contribution in [3.05, 3.63) is 57.8 Å². The highest BCUT2D eigenvalue weighted by atomic mass is 79.9. The summed E-state index contributed by atoms with van der Waals surface area (Å²) in [6.07, 6.45) is 0. The molecule has 0 aliphatic rings. The molecule has 0 unspecified atom stereocenters. The van der Waals surface area contributed by atoms with Crippen molar-refractivity contribution in [3.8, 4) is 0 Å². The predicted molar refractivity (Wildman–Crippen MR) is 75.8 cm³/mol. The topological polar surface area (TPSA) is 42.0 Å². The number of halogens is 1. The molecule has 0 aliphatic heterocycles. The molecule has 1 aromatic heterocycles. The second-order valence-electron chi connectivity index (χ2n) is 4.12. The molecule has 92 valence electrons. The van der Waals surface area contributed by atoms with Crippen molar-refractivity contribution in [3.63, 3.8) is 0 Å². The number of hydrogen-bond acceptors (Lipinski definition) is 2. The lowest BCUT2D eigenvalue weighted by atomic mass is 10.1. The third-order valence-corrected chi connectivity index (χ3v) is 3.02. The number of benzene rings is 1. The molecule has 0 atom stereocenters. The molecule has 1 heterocycles. The predicted octanol–water partition coefficient (Wildman–Crippen LogP) is 3.71. The Morgan fingerprint density at radius 2 is 2.00 bits per heavy atom. The first-order valence-electron chi connectivity index (χ1n) is 5.57. The van der Waals surface area contributed by atoms with Gasteiger partial charge in [-0.2, -0.15) is 0 Å². The van der Waals surface area contributed by atoms with E-state index in [1.807, 2.05) is 32.0 Å². The van der Waals surface area contributed by atoms with Crippen LogP contribution in [0.3, 0.4) is 0 Å². The Labute approximate surface area is 114 Å². The Morgan fingerprint density at radius 3 is 2.67 bits per heavy atom. The second-order valence-corrected chi connectivity index (χ2v) is 4.93. The monoisotopic (exact) mass is 304 g/mol. The molecule has 0 radical (unpaired) electrons. The van der Waals surface area contributed by atoms with E-state index in [-0.39, 0.29) is 5.91 Å². The van der Waals surface area contributed by atoms with E-state index in [0.717, 1.165) is 11.3 Å². The summed E-state index contributed by atoms with van der Waals surface area (Å²) in [6.45, 7) is 3.99. The molecule has 0 aliphatic carbocycles. The van der Waals surface area contributed by atoms with Gasteiger partial charge in [-0.1, -0.05) is 23.8 Å². The van der Waals surface area contributed by atoms with Gasteiger partial charge in [-0.3, -0.25) is 4.79 Å². The molecule has 0 bridgehead atoms. The summed E-state index contributed by atoms with van der Waals surface area (Å²) >= 11 is 3.25. The van der Waals surface area contributed by atoms with Gasteiger partial charge in [-0.05, 0) is 53.5 Å². The van der Waals surface area contributed by atoms with Gasteiger partial charge in [0.05, 0.1) is 0 Å². The van der Waals surface area contributed by atoms with Crippen LogP contribution in [0, 0.1) is 13.8 Å². The van der Waals surface area contributed by atoms with Gasteiger partial charge in [0.1, 0.15) is 10.3 Å². The first kappa shape index (κ1) is 12.8. The van der Waals surface area contributed by atoms with Crippen LogP contribution in [0.2, 0.25) is 0 Å². The fraction of sp³-hybridized carbons (Fsp3) is 0.143. The molecule has 1 aromatic carbocycles. The number of pyridine rings is 1. The normalized spacial score (nSPS) is 10.2. The molecule has 0 saturated carbocycles. The van der Waals surface area contributed by atoms with Gasteiger partial charge in [0.25, 0.3) is 5.91 Å². The number of hydrogen-bond donors (Lipinski definition) is 1. The number of aryl methyl sites for hydroxylation is 2. The standard InChI is InChI=1S/C14H13BrN2O/c1-9-6-7-11(10(2)8-9)17-14(18)12-4-3-5-13(15)16-12/h3-8H,1-2H3,(H,17,18). The quantitative estimate of drug-likeness (QED) is 0.859. The van der Waals surface area contributed by atoms with E-state index in [2.05, 4.69) is 26.2 Å². The zero-order valence-corrected chi connectivity index (χ0v) is 11.8. The number of carbonyl (C=O) groups is 1. The summed E-state index contributed by atoms with van der Waals surface area (Å²) in [7, 11) is 0. The van der Waals surface area contributed by atoms with E-state index in [4.69, 9.17) is 0 Å². The lowest BCUT2D eigenvalue weighted by Crippen LogP contribution is -2.14. The lowest BCUT2D eigenvalue weighted by molar-refractivity contribution is 0.102. The number of aromatic nitrogens is 1. The highest BCUT2D eigenvalue weighted by molar-refractivity contribution is 9.10. The molecular formula is C14H13BrN2O. The van der Waals surface area contributed by atoms with Crippen molar-refractivity contribution in [2.45, 2.75) is 13.8 Å². The van der Waals surface area contributed by atoms with E-state index in [1.54, 1.807) is 18.2 Å². The third-order valence-electron chi connectivity index (χ3n) is 2.58. The molecule has 0 spiro atoms. The third kappa shape index (κ3) is 2.96. The van der Waals surface area contributed by atoms with E-state index in [0.29, 0.717) is 10.3 Å². The van der Waals surface area contributed by atoms with Crippen molar-refractivity contribution in [2.24, 2.45) is 0 Å². The van der Waals surface area contributed by atoms with Crippen molar-refractivity contribution in [1.82, 2.24) is 4.98 Å². The minimum absolute atomic E-state index is 0.205. The molecule has 18 heavy (non-hydrogen) atoms. The van der Waals surface area contributed by atoms with Crippen LogP contribution in [0.15, 0.2) is 41.0 Å². The van der Waals surface area contributed by atoms with Crippen molar-refractivity contribution in [2.75, 3.05) is 5.32 Å². The Hall–Kier alpha value is -1.68. The average Bonchev–Trinajstić information content (AvgIpc) is 2.32. The van der Waals surface area contributed by atoms with Gasteiger partial charge in [-0.25, -0.2) is 4.98 Å². The Balaban J connectivity index is 2.21. The van der Waals surface area contributed by atoms with E-state index in [9.17, 15) is 4.79 Å². The second kappa shape index (κ2) is 5.31. The van der Waals surface area contributed by atoms with Gasteiger partial charge < -0.3 is 5.32 Å². The van der Waals surface area contributed by atoms with Crippen LogP contribution in [0.1, 0.15) is 21.6 Å². The molecule has 1 N–H and O–H groups in total. The van der Waals surface area contributed by atoms with E-state index in [1.165, 1.54) is 5.56 Å². The zero-order valence-electron chi connectivity index (χ0n) is 10.2. The van der Waals surface area contributed by atoms with Crippen LogP contribution < -0.4 is 5.32 Å². The van der Waals surface area contributed by atoms with Gasteiger partial charge in [0.2, 0.25) is 0 Å². The SMILES string of the molecule is Cc1ccc(NC(=O)c2cccc(Br)n2)c(C)c1. The first-order valence-corrected chi connectivity index (χ1v) is 6.37. The smallest absolute Gasteiger partial charge is 0.274 e. The molecule has 0 saturated heterocycles. The average molecular weight is 305 g/mol. The van der Waals surface area contributed by atoms with Gasteiger partial charge >= 0.3 is 0 Å². The minimum Gasteiger partial charge on any atom is -0.320 e. The maximum atomic E-state index is 12.0. The number of nitrogens with zero attached hydrogens (tertiary/aromatic N) is 1. The molecule has 2 rings (SSSR count). The van der Waals surface area contributed by atoms with Crippen LogP contribution in [0.5, 0.6) is 0 Å². The van der Waals surface area contributed by atoms with Crippen LogP contribution in [0.25, 0.3) is 0 Å². The number of anilines is 1. The van der Waals surface area contributed by atoms with Gasteiger partial charge in [0.15, 0.2) is 0 Å². The van der Waals surface area contributed by atoms with Crippen molar-refractivity contribution >= 4 is 27.5 Å². The molecule has 3 nitrogen and oxygen atoms in total. The maximum Gasteiger partial charge on any atom is 0.274 e. The lowest BCUT2D eigenvalue weighted by Gasteiger charge is -2.08. The maximum absolute atomic E-state index is 12.0. The van der Waals surface area contributed by atoms with Crippen LogP contribution in [0.4, 0.5) is 5.69 Å². The largest absolute Gasteiger partial charge is 0.320 e. The summed E-state index contributed by atoms with van der Waals surface area (Å²) in [5.41, 5.74) is 3.42. The summed E-state index contributed by atoms with van der Waals surface area (Å²) in [5, 5.41) is 2.86. The summed E-state index contributed by atoms with van der Waals surface area (Å²) in [5.74, 6) is -0.205. The van der Waals surface area contributed by atoms with Gasteiger partial charge in [-0.15, -0.1) is 0 Å². The highest BCUT2D eigenvalue weighted by Crippen LogP contribution is 2.17. The van der Waals surface area contributed by atoms with E-state index < -0.39 is 0 Å². The molecule has 1 amide bonds. The van der Waals surface area contributed by atoms with Crippen molar-refractivity contribution < 1.29 is 4.79 Å². The van der Waals surface area contributed by atoms with Crippen LogP contribution in [-0.2, 0) is 0 Å².